The van der Waals surface area contributed by atoms with Crippen LogP contribution in [-0.4, -0.2) is 54.3 Å². The van der Waals surface area contributed by atoms with E-state index in [-0.39, 0.29) is 11.1 Å². The first-order chi connectivity index (χ1) is 16.2. The van der Waals surface area contributed by atoms with E-state index in [1.807, 2.05) is 0 Å². The third kappa shape index (κ3) is 4.21. The van der Waals surface area contributed by atoms with Gasteiger partial charge in [0.05, 0.1) is 23.8 Å². The van der Waals surface area contributed by atoms with Crippen LogP contribution in [0, 0.1) is 5.92 Å². The fourth-order valence-electron chi connectivity index (χ4n) is 4.24. The number of carbonyl (C=O) groups is 5. The van der Waals surface area contributed by atoms with Crippen LogP contribution in [0.1, 0.15) is 61.8 Å². The normalized spacial score (nSPS) is 17.6. The third-order valence-electron chi connectivity index (χ3n) is 6.05. The Balaban J connectivity index is 1.41. The van der Waals surface area contributed by atoms with Crippen molar-refractivity contribution in [1.82, 2.24) is 4.90 Å². The Morgan fingerprint density at radius 2 is 1.82 bits per heavy atom. The topological polar surface area (TPSA) is 119 Å². The fraction of sp³-hybridized carbons (Fsp3) is 0.375. The fourth-order valence-corrected chi connectivity index (χ4v) is 5.66. The van der Waals surface area contributed by atoms with Crippen LogP contribution in [0.5, 0.6) is 0 Å². The molecule has 0 unspecified atom stereocenters. The number of methoxy groups -OCH3 is 1. The predicted molar refractivity (Wildman–Crippen MR) is 123 cm³/mol. The Morgan fingerprint density at radius 3 is 2.44 bits per heavy atom. The average molecular weight is 485 g/mol. The summed E-state index contributed by atoms with van der Waals surface area (Å²) in [4.78, 5) is 64.4. The number of amides is 3. The molecule has 1 aromatic carbocycles. The number of hydrogen-bond acceptors (Lipinski definition) is 8. The highest BCUT2D eigenvalue weighted by Gasteiger charge is 2.41. The van der Waals surface area contributed by atoms with Crippen LogP contribution in [0.4, 0.5) is 5.00 Å². The zero-order valence-electron chi connectivity index (χ0n) is 19.0. The smallest absolute Gasteiger partial charge is 0.341 e. The van der Waals surface area contributed by atoms with Crippen molar-refractivity contribution in [3.63, 3.8) is 0 Å². The Labute approximate surface area is 200 Å². The number of fused-ring (bicyclic) bond motifs is 2. The zero-order chi connectivity index (χ0) is 24.6. The van der Waals surface area contributed by atoms with Gasteiger partial charge in [-0.15, -0.1) is 11.3 Å². The van der Waals surface area contributed by atoms with Gasteiger partial charge in [-0.3, -0.25) is 19.3 Å². The van der Waals surface area contributed by atoms with Crippen molar-refractivity contribution in [2.24, 2.45) is 5.92 Å². The van der Waals surface area contributed by atoms with E-state index >= 15 is 0 Å². The van der Waals surface area contributed by atoms with Crippen molar-refractivity contribution in [3.8, 4) is 0 Å². The number of nitrogens with zero attached hydrogens (tertiary/aromatic N) is 1. The molecule has 0 radical (unpaired) electrons. The molecule has 178 valence electrons. The van der Waals surface area contributed by atoms with Crippen LogP contribution < -0.4 is 5.32 Å². The van der Waals surface area contributed by atoms with Gasteiger partial charge in [-0.2, -0.15) is 0 Å². The van der Waals surface area contributed by atoms with Gasteiger partial charge in [0.25, 0.3) is 17.7 Å². The molecular formula is C24H24N2O7S. The number of benzene rings is 1. The molecule has 2 heterocycles. The summed E-state index contributed by atoms with van der Waals surface area (Å²) in [5.41, 5.74) is 1.67. The molecular weight excluding hydrogens is 460 g/mol. The Kier molecular flexibility index (Phi) is 6.52. The van der Waals surface area contributed by atoms with Gasteiger partial charge in [-0.25, -0.2) is 9.59 Å². The van der Waals surface area contributed by atoms with E-state index in [9.17, 15) is 24.0 Å². The SMILES string of the molecule is COC(=O)c1c(NC(=O)COC(=O)[C@@H](C)N2C(=O)c3ccccc3C2=O)sc2c1CC[C@@H](C)C2. The number of rotatable bonds is 6. The lowest BCUT2D eigenvalue weighted by Gasteiger charge is -2.20. The Hall–Kier alpha value is -3.53. The van der Waals surface area contributed by atoms with Gasteiger partial charge in [0.2, 0.25) is 0 Å². The predicted octanol–water partition coefficient (Wildman–Crippen LogP) is 2.83. The summed E-state index contributed by atoms with van der Waals surface area (Å²) in [6.07, 6.45) is 2.47. The molecule has 0 spiro atoms. The van der Waals surface area contributed by atoms with E-state index in [2.05, 4.69) is 12.2 Å². The molecule has 2 atom stereocenters. The van der Waals surface area contributed by atoms with E-state index in [0.717, 1.165) is 34.6 Å². The van der Waals surface area contributed by atoms with Crippen molar-refractivity contribution in [2.75, 3.05) is 19.0 Å². The first-order valence-corrected chi connectivity index (χ1v) is 11.7. The molecule has 0 saturated heterocycles. The molecule has 3 amide bonds. The van der Waals surface area contributed by atoms with Crippen LogP contribution in [0.2, 0.25) is 0 Å². The summed E-state index contributed by atoms with van der Waals surface area (Å²) in [5, 5.41) is 3.01. The second kappa shape index (κ2) is 9.38. The minimum absolute atomic E-state index is 0.219. The van der Waals surface area contributed by atoms with Gasteiger partial charge in [0, 0.05) is 4.88 Å². The van der Waals surface area contributed by atoms with Gasteiger partial charge >= 0.3 is 11.9 Å². The summed E-state index contributed by atoms with van der Waals surface area (Å²) >= 11 is 1.32. The molecule has 4 rings (SSSR count). The van der Waals surface area contributed by atoms with Gasteiger partial charge in [-0.05, 0) is 49.8 Å². The number of ether oxygens (including phenoxy) is 2. The number of hydrogen-bond donors (Lipinski definition) is 1. The molecule has 1 aliphatic heterocycles. The van der Waals surface area contributed by atoms with E-state index in [1.54, 1.807) is 12.1 Å². The summed E-state index contributed by atoms with van der Waals surface area (Å²) in [7, 11) is 1.28. The van der Waals surface area contributed by atoms with E-state index < -0.39 is 42.3 Å². The third-order valence-corrected chi connectivity index (χ3v) is 7.22. The van der Waals surface area contributed by atoms with Gasteiger partial charge in [-0.1, -0.05) is 19.1 Å². The molecule has 0 fully saturated rings. The van der Waals surface area contributed by atoms with Crippen molar-refractivity contribution in [1.29, 1.82) is 0 Å². The first kappa shape index (κ1) is 23.6. The number of anilines is 1. The molecule has 2 aromatic rings. The quantitative estimate of drug-likeness (QED) is 0.495. The molecule has 0 saturated carbocycles. The molecule has 1 aromatic heterocycles. The molecule has 34 heavy (non-hydrogen) atoms. The highest BCUT2D eigenvalue weighted by Crippen LogP contribution is 2.40. The molecule has 1 aliphatic carbocycles. The number of carbonyl (C=O) groups excluding carboxylic acids is 5. The molecule has 1 N–H and O–H groups in total. The van der Waals surface area contributed by atoms with Crippen LogP contribution >= 0.6 is 11.3 Å². The Morgan fingerprint density at radius 1 is 1.18 bits per heavy atom. The van der Waals surface area contributed by atoms with Crippen LogP contribution in [-0.2, 0) is 31.9 Å². The average Bonchev–Trinajstić information content (AvgIpc) is 3.30. The maximum absolute atomic E-state index is 12.6. The number of imide groups is 1. The number of esters is 2. The second-order valence-corrected chi connectivity index (χ2v) is 9.51. The van der Waals surface area contributed by atoms with Crippen molar-refractivity contribution in [3.05, 3.63) is 51.4 Å². The minimum Gasteiger partial charge on any atom is -0.465 e. The summed E-state index contributed by atoms with van der Waals surface area (Å²) in [6.45, 7) is 2.87. The first-order valence-electron chi connectivity index (χ1n) is 10.9. The number of thiophene rings is 1. The summed E-state index contributed by atoms with van der Waals surface area (Å²) in [6, 6.07) is 5.09. The molecule has 0 bridgehead atoms. The second-order valence-electron chi connectivity index (χ2n) is 8.41. The zero-order valence-corrected chi connectivity index (χ0v) is 19.8. The number of nitrogens with one attached hydrogen (secondary N) is 1. The van der Waals surface area contributed by atoms with Crippen molar-refractivity contribution in [2.45, 2.75) is 39.2 Å². The maximum Gasteiger partial charge on any atom is 0.341 e. The summed E-state index contributed by atoms with van der Waals surface area (Å²) < 4.78 is 9.99. The van der Waals surface area contributed by atoms with Crippen molar-refractivity contribution >= 4 is 46.0 Å². The molecule has 10 heteroatoms. The molecule has 9 nitrogen and oxygen atoms in total. The molecule has 2 aliphatic rings. The van der Waals surface area contributed by atoms with Crippen LogP contribution in [0.25, 0.3) is 0 Å². The highest BCUT2D eigenvalue weighted by molar-refractivity contribution is 7.17. The minimum atomic E-state index is -1.21. The highest BCUT2D eigenvalue weighted by atomic mass is 32.1. The van der Waals surface area contributed by atoms with E-state index in [1.165, 1.54) is 37.5 Å². The van der Waals surface area contributed by atoms with E-state index in [0.29, 0.717) is 16.5 Å². The van der Waals surface area contributed by atoms with Crippen LogP contribution in [0.15, 0.2) is 24.3 Å². The van der Waals surface area contributed by atoms with Gasteiger partial charge < -0.3 is 14.8 Å². The maximum atomic E-state index is 12.6. The van der Waals surface area contributed by atoms with E-state index in [4.69, 9.17) is 9.47 Å². The van der Waals surface area contributed by atoms with Gasteiger partial charge in [0.1, 0.15) is 11.0 Å². The van der Waals surface area contributed by atoms with Gasteiger partial charge in [0.15, 0.2) is 6.61 Å². The lowest BCUT2D eigenvalue weighted by Crippen LogP contribution is -2.44. The standard InChI is InChI=1S/C24H24N2O7S/c1-12-8-9-16-17(10-12)34-20(19(16)24(31)32-3)25-18(27)11-33-23(30)13(2)26-21(28)14-6-4-5-7-15(14)22(26)29/h4-7,12-13H,8-11H2,1-3H3,(H,25,27)/t12-,13-/m1/s1. The Bertz CT molecular complexity index is 1170. The largest absolute Gasteiger partial charge is 0.465 e. The lowest BCUT2D eigenvalue weighted by atomic mass is 9.88. The monoisotopic (exact) mass is 484 g/mol. The summed E-state index contributed by atoms with van der Waals surface area (Å²) in [5.74, 6) is -2.76. The van der Waals surface area contributed by atoms with Crippen LogP contribution in [0.3, 0.4) is 0 Å². The lowest BCUT2D eigenvalue weighted by molar-refractivity contribution is -0.150. The van der Waals surface area contributed by atoms with Crippen molar-refractivity contribution < 1.29 is 33.4 Å².